The van der Waals surface area contributed by atoms with E-state index in [1.165, 1.54) is 0 Å². The SMILES string of the molecule is CC(C)c1nnc(C(C)C)nn1. The van der Waals surface area contributed by atoms with E-state index in [1.807, 2.05) is 27.7 Å². The van der Waals surface area contributed by atoms with Crippen molar-refractivity contribution in [2.45, 2.75) is 39.5 Å². The first-order chi connectivity index (χ1) is 5.61. The lowest BCUT2D eigenvalue weighted by atomic mass is 10.2. The van der Waals surface area contributed by atoms with Crippen molar-refractivity contribution in [2.75, 3.05) is 0 Å². The molecule has 0 N–H and O–H groups in total. The molecule has 0 aliphatic rings. The molecule has 1 rings (SSSR count). The van der Waals surface area contributed by atoms with Gasteiger partial charge in [0.2, 0.25) is 0 Å². The van der Waals surface area contributed by atoms with Crippen LogP contribution in [0, 0.1) is 0 Å². The van der Waals surface area contributed by atoms with Crippen molar-refractivity contribution in [2.24, 2.45) is 0 Å². The minimum atomic E-state index is 0.297. The van der Waals surface area contributed by atoms with E-state index < -0.39 is 0 Å². The van der Waals surface area contributed by atoms with E-state index in [-0.39, 0.29) is 0 Å². The average Bonchev–Trinajstić information content (AvgIpc) is 2.04. The number of aromatic nitrogens is 4. The summed E-state index contributed by atoms with van der Waals surface area (Å²) in [5, 5.41) is 15.9. The van der Waals surface area contributed by atoms with Gasteiger partial charge in [0.15, 0.2) is 11.6 Å². The standard InChI is InChI=1S/C8H14N4/c1-5(2)7-9-11-8(6(3)4)12-10-7/h5-6H,1-4H3. The highest BCUT2D eigenvalue weighted by Crippen LogP contribution is 2.08. The zero-order valence-corrected chi connectivity index (χ0v) is 7.94. The molecule has 0 fully saturated rings. The third-order valence-corrected chi connectivity index (χ3v) is 1.54. The molecule has 12 heavy (non-hydrogen) atoms. The molecule has 4 heteroatoms. The summed E-state index contributed by atoms with van der Waals surface area (Å²) in [6.07, 6.45) is 0. The Morgan fingerprint density at radius 3 is 1.08 bits per heavy atom. The van der Waals surface area contributed by atoms with E-state index in [4.69, 9.17) is 0 Å². The molecule has 0 aliphatic carbocycles. The highest BCUT2D eigenvalue weighted by Gasteiger charge is 2.07. The molecule has 0 spiro atoms. The first-order valence-corrected chi connectivity index (χ1v) is 4.18. The zero-order valence-electron chi connectivity index (χ0n) is 7.94. The van der Waals surface area contributed by atoms with Crippen LogP contribution in [-0.4, -0.2) is 20.4 Å². The Morgan fingerprint density at radius 2 is 0.917 bits per heavy atom. The van der Waals surface area contributed by atoms with Crippen LogP contribution in [0.15, 0.2) is 0 Å². The molecular formula is C8H14N4. The van der Waals surface area contributed by atoms with E-state index in [0.29, 0.717) is 23.5 Å². The smallest absolute Gasteiger partial charge is 0.131 e. The molecule has 0 radical (unpaired) electrons. The van der Waals surface area contributed by atoms with E-state index in [1.54, 1.807) is 0 Å². The summed E-state index contributed by atoms with van der Waals surface area (Å²) in [7, 11) is 0. The quantitative estimate of drug-likeness (QED) is 0.668. The van der Waals surface area contributed by atoms with Gasteiger partial charge in [0, 0.05) is 11.8 Å². The Balaban J connectivity index is 2.86. The number of hydrogen-bond acceptors (Lipinski definition) is 4. The summed E-state index contributed by atoms with van der Waals surface area (Å²) in [5.41, 5.74) is 0. The predicted molar refractivity (Wildman–Crippen MR) is 45.8 cm³/mol. The fourth-order valence-electron chi connectivity index (χ4n) is 0.707. The van der Waals surface area contributed by atoms with Gasteiger partial charge in [0.05, 0.1) is 0 Å². The lowest BCUT2D eigenvalue weighted by Gasteiger charge is -2.03. The summed E-state index contributed by atoms with van der Waals surface area (Å²) in [6, 6.07) is 0. The molecule has 0 bridgehead atoms. The Labute approximate surface area is 72.4 Å². The van der Waals surface area contributed by atoms with Crippen LogP contribution in [0.2, 0.25) is 0 Å². The molecule has 0 saturated heterocycles. The average molecular weight is 166 g/mol. The van der Waals surface area contributed by atoms with Crippen molar-refractivity contribution in [1.82, 2.24) is 20.4 Å². The lowest BCUT2D eigenvalue weighted by Crippen LogP contribution is -2.07. The van der Waals surface area contributed by atoms with Crippen molar-refractivity contribution in [1.29, 1.82) is 0 Å². The predicted octanol–water partition coefficient (Wildman–Crippen LogP) is 1.51. The van der Waals surface area contributed by atoms with Gasteiger partial charge in [0.25, 0.3) is 0 Å². The largest absolute Gasteiger partial charge is 0.176 e. The summed E-state index contributed by atoms with van der Waals surface area (Å²) in [4.78, 5) is 0. The zero-order chi connectivity index (χ0) is 9.14. The Bertz CT molecular complexity index is 213. The molecule has 4 nitrogen and oxygen atoms in total. The molecule has 0 atom stereocenters. The van der Waals surface area contributed by atoms with E-state index >= 15 is 0 Å². The van der Waals surface area contributed by atoms with E-state index in [0.717, 1.165) is 0 Å². The van der Waals surface area contributed by atoms with Crippen molar-refractivity contribution in [3.63, 3.8) is 0 Å². The molecule has 0 aromatic carbocycles. The van der Waals surface area contributed by atoms with Gasteiger partial charge in [-0.1, -0.05) is 27.7 Å². The second-order valence-electron chi connectivity index (χ2n) is 3.43. The van der Waals surface area contributed by atoms with Gasteiger partial charge < -0.3 is 0 Å². The maximum absolute atomic E-state index is 3.98. The monoisotopic (exact) mass is 166 g/mol. The van der Waals surface area contributed by atoms with Crippen molar-refractivity contribution in [3.05, 3.63) is 11.6 Å². The molecule has 0 amide bonds. The highest BCUT2D eigenvalue weighted by molar-refractivity contribution is 4.90. The first-order valence-electron chi connectivity index (χ1n) is 4.18. The minimum absolute atomic E-state index is 0.297. The molecule has 1 aromatic rings. The van der Waals surface area contributed by atoms with Gasteiger partial charge in [-0.15, -0.1) is 20.4 Å². The summed E-state index contributed by atoms with van der Waals surface area (Å²) >= 11 is 0. The lowest BCUT2D eigenvalue weighted by molar-refractivity contribution is 0.628. The van der Waals surface area contributed by atoms with Crippen LogP contribution in [0.3, 0.4) is 0 Å². The molecule has 1 heterocycles. The summed E-state index contributed by atoms with van der Waals surface area (Å²) in [5.74, 6) is 2.01. The van der Waals surface area contributed by atoms with Crippen molar-refractivity contribution in [3.8, 4) is 0 Å². The Morgan fingerprint density at radius 1 is 0.667 bits per heavy atom. The van der Waals surface area contributed by atoms with Gasteiger partial charge in [-0.2, -0.15) is 0 Å². The third-order valence-electron chi connectivity index (χ3n) is 1.54. The van der Waals surface area contributed by atoms with Crippen LogP contribution in [-0.2, 0) is 0 Å². The first kappa shape index (κ1) is 9.03. The molecule has 1 aromatic heterocycles. The molecule has 66 valence electrons. The van der Waals surface area contributed by atoms with Gasteiger partial charge in [-0.3, -0.25) is 0 Å². The van der Waals surface area contributed by atoms with Gasteiger partial charge in [-0.25, -0.2) is 0 Å². The van der Waals surface area contributed by atoms with Crippen LogP contribution in [0.5, 0.6) is 0 Å². The summed E-state index contributed by atoms with van der Waals surface area (Å²) in [6.45, 7) is 8.09. The van der Waals surface area contributed by atoms with Crippen LogP contribution in [0.25, 0.3) is 0 Å². The second-order valence-corrected chi connectivity index (χ2v) is 3.43. The van der Waals surface area contributed by atoms with Gasteiger partial charge >= 0.3 is 0 Å². The van der Waals surface area contributed by atoms with E-state index in [2.05, 4.69) is 20.4 Å². The number of nitrogens with zero attached hydrogens (tertiary/aromatic N) is 4. The molecular weight excluding hydrogens is 152 g/mol. The van der Waals surface area contributed by atoms with Crippen LogP contribution in [0.4, 0.5) is 0 Å². The molecule has 0 unspecified atom stereocenters. The van der Waals surface area contributed by atoms with Crippen LogP contribution < -0.4 is 0 Å². The van der Waals surface area contributed by atoms with Crippen LogP contribution in [0.1, 0.15) is 51.2 Å². The second kappa shape index (κ2) is 3.56. The summed E-state index contributed by atoms with van der Waals surface area (Å²) < 4.78 is 0. The topological polar surface area (TPSA) is 51.6 Å². The fourth-order valence-corrected chi connectivity index (χ4v) is 0.707. The van der Waals surface area contributed by atoms with Crippen molar-refractivity contribution < 1.29 is 0 Å². The maximum atomic E-state index is 3.98. The fraction of sp³-hybridized carbons (Fsp3) is 0.750. The van der Waals surface area contributed by atoms with Gasteiger partial charge in [0.1, 0.15) is 0 Å². The Kier molecular flexibility index (Phi) is 2.68. The maximum Gasteiger partial charge on any atom is 0.176 e. The highest BCUT2D eigenvalue weighted by atomic mass is 15.3. The van der Waals surface area contributed by atoms with Gasteiger partial charge in [-0.05, 0) is 0 Å². The third kappa shape index (κ3) is 1.96. The minimum Gasteiger partial charge on any atom is -0.131 e. The molecule has 0 aliphatic heterocycles. The van der Waals surface area contributed by atoms with Crippen LogP contribution >= 0.6 is 0 Å². The normalized spacial score (nSPS) is 11.2. The molecule has 0 saturated carbocycles. The van der Waals surface area contributed by atoms with Crippen molar-refractivity contribution >= 4 is 0 Å². The Hall–Kier alpha value is -1.06. The number of hydrogen-bond donors (Lipinski definition) is 0. The number of rotatable bonds is 2. The van der Waals surface area contributed by atoms with E-state index in [9.17, 15) is 0 Å².